The molecule has 0 radical (unpaired) electrons. The predicted molar refractivity (Wildman–Crippen MR) is 69.8 cm³/mol. The smallest absolute Gasteiger partial charge is 0.289 e. The van der Waals surface area contributed by atoms with E-state index in [1.807, 2.05) is 0 Å². The Labute approximate surface area is 115 Å². The third kappa shape index (κ3) is 4.43. The summed E-state index contributed by atoms with van der Waals surface area (Å²) in [5.41, 5.74) is -0.443. The van der Waals surface area contributed by atoms with E-state index < -0.39 is 20.6 Å². The quantitative estimate of drug-likeness (QED) is 0.468. The third-order valence-corrected chi connectivity index (χ3v) is 4.02. The van der Waals surface area contributed by atoms with E-state index in [1.54, 1.807) is 0 Å². The first-order valence-corrected chi connectivity index (χ1v) is 7.17. The van der Waals surface area contributed by atoms with Crippen LogP contribution in [0.3, 0.4) is 0 Å². The lowest BCUT2D eigenvalue weighted by molar-refractivity contribution is -0.384. The molecule has 0 aliphatic heterocycles. The van der Waals surface area contributed by atoms with Gasteiger partial charge >= 0.3 is 0 Å². The van der Waals surface area contributed by atoms with Gasteiger partial charge in [-0.05, 0) is 18.6 Å². The van der Waals surface area contributed by atoms with Gasteiger partial charge in [-0.25, -0.2) is 13.1 Å². The second-order valence-corrected chi connectivity index (χ2v) is 5.79. The van der Waals surface area contributed by atoms with Crippen LogP contribution in [0.15, 0.2) is 23.1 Å². The monoisotopic (exact) mass is 308 g/mol. The zero-order valence-corrected chi connectivity index (χ0v) is 11.7. The third-order valence-electron chi connectivity index (χ3n) is 2.24. The lowest BCUT2D eigenvalue weighted by Crippen LogP contribution is -2.25. The standard InChI is InChI=1S/C10H13ClN2O5S/c1-18-6-2-5-12-19(16,17)8-3-4-9(11)10(7-8)13(14)15/h3-4,7,12H,2,5-6H2,1H3. The maximum atomic E-state index is 11.9. The molecule has 19 heavy (non-hydrogen) atoms. The van der Waals surface area contributed by atoms with Crippen molar-refractivity contribution >= 4 is 27.3 Å². The summed E-state index contributed by atoms with van der Waals surface area (Å²) in [5.74, 6) is 0. The van der Waals surface area contributed by atoms with Crippen molar-refractivity contribution in [2.24, 2.45) is 0 Å². The molecule has 1 aromatic rings. The first-order valence-electron chi connectivity index (χ1n) is 5.31. The Kier molecular flexibility index (Phi) is 5.67. The Bertz CT molecular complexity index is 561. The number of ether oxygens (including phenoxy) is 1. The average molecular weight is 309 g/mol. The number of nitrogens with one attached hydrogen (secondary N) is 1. The largest absolute Gasteiger partial charge is 0.385 e. The van der Waals surface area contributed by atoms with Crippen LogP contribution in [-0.2, 0) is 14.8 Å². The molecule has 0 bridgehead atoms. The zero-order valence-electron chi connectivity index (χ0n) is 10.1. The minimum atomic E-state index is -3.78. The Hall–Kier alpha value is -1.22. The highest BCUT2D eigenvalue weighted by molar-refractivity contribution is 7.89. The molecule has 0 aliphatic rings. The molecule has 1 aromatic carbocycles. The highest BCUT2D eigenvalue weighted by atomic mass is 35.5. The number of rotatable bonds is 7. The fourth-order valence-corrected chi connectivity index (χ4v) is 2.59. The Morgan fingerprint density at radius 1 is 1.47 bits per heavy atom. The molecule has 106 valence electrons. The van der Waals surface area contributed by atoms with Gasteiger partial charge in [-0.2, -0.15) is 0 Å². The molecule has 0 unspecified atom stereocenters. The molecule has 0 atom stereocenters. The van der Waals surface area contributed by atoms with E-state index in [-0.39, 0.29) is 16.5 Å². The van der Waals surface area contributed by atoms with Gasteiger partial charge in [-0.1, -0.05) is 11.6 Å². The van der Waals surface area contributed by atoms with Gasteiger partial charge < -0.3 is 4.74 Å². The molecule has 0 aliphatic carbocycles. The van der Waals surface area contributed by atoms with Crippen molar-refractivity contribution in [2.75, 3.05) is 20.3 Å². The predicted octanol–water partition coefficient (Wildman–Crippen LogP) is 1.56. The normalized spacial score (nSPS) is 11.5. The summed E-state index contributed by atoms with van der Waals surface area (Å²) in [7, 11) is -2.27. The van der Waals surface area contributed by atoms with Crippen molar-refractivity contribution in [3.63, 3.8) is 0 Å². The zero-order chi connectivity index (χ0) is 14.5. The van der Waals surface area contributed by atoms with Crippen molar-refractivity contribution in [3.8, 4) is 0 Å². The van der Waals surface area contributed by atoms with Gasteiger partial charge in [0.05, 0.1) is 9.82 Å². The number of nitro groups is 1. The summed E-state index contributed by atoms with van der Waals surface area (Å²) in [6.45, 7) is 0.607. The van der Waals surface area contributed by atoms with Gasteiger partial charge in [0.1, 0.15) is 5.02 Å². The topological polar surface area (TPSA) is 98.5 Å². The number of sulfonamides is 1. The molecule has 0 fully saturated rings. The number of methoxy groups -OCH3 is 1. The van der Waals surface area contributed by atoms with Gasteiger partial charge in [-0.3, -0.25) is 10.1 Å². The lowest BCUT2D eigenvalue weighted by Gasteiger charge is -2.06. The molecule has 0 amide bonds. The van der Waals surface area contributed by atoms with Gasteiger partial charge in [0, 0.05) is 26.3 Å². The summed E-state index contributed by atoms with van der Waals surface area (Å²) >= 11 is 5.61. The summed E-state index contributed by atoms with van der Waals surface area (Å²) in [5, 5.41) is 10.6. The van der Waals surface area contributed by atoms with Crippen LogP contribution >= 0.6 is 11.6 Å². The fourth-order valence-electron chi connectivity index (χ4n) is 1.31. The number of hydrogen-bond acceptors (Lipinski definition) is 5. The van der Waals surface area contributed by atoms with Crippen molar-refractivity contribution in [1.82, 2.24) is 4.72 Å². The van der Waals surface area contributed by atoms with Crippen LogP contribution in [0, 0.1) is 10.1 Å². The summed E-state index contributed by atoms with van der Waals surface area (Å²) in [4.78, 5) is 9.77. The van der Waals surface area contributed by atoms with Crippen molar-refractivity contribution in [3.05, 3.63) is 33.3 Å². The highest BCUT2D eigenvalue weighted by Crippen LogP contribution is 2.26. The molecule has 0 aromatic heterocycles. The van der Waals surface area contributed by atoms with Crippen molar-refractivity contribution in [1.29, 1.82) is 0 Å². The van der Waals surface area contributed by atoms with E-state index >= 15 is 0 Å². The molecule has 0 saturated heterocycles. The second-order valence-electron chi connectivity index (χ2n) is 3.61. The van der Waals surface area contributed by atoms with E-state index in [0.29, 0.717) is 13.0 Å². The minimum Gasteiger partial charge on any atom is -0.385 e. The number of nitro benzene ring substituents is 1. The molecule has 0 saturated carbocycles. The Balaban J connectivity index is 2.89. The maximum Gasteiger partial charge on any atom is 0.289 e. The first-order chi connectivity index (χ1) is 8.88. The fraction of sp³-hybridized carbons (Fsp3) is 0.400. The van der Waals surface area contributed by atoms with Gasteiger partial charge in [0.15, 0.2) is 0 Å². The highest BCUT2D eigenvalue weighted by Gasteiger charge is 2.20. The molecule has 9 heteroatoms. The molecule has 7 nitrogen and oxygen atoms in total. The number of hydrogen-bond donors (Lipinski definition) is 1. The van der Waals surface area contributed by atoms with E-state index in [1.165, 1.54) is 19.2 Å². The first kappa shape index (κ1) is 15.8. The average Bonchev–Trinajstić information content (AvgIpc) is 2.34. The number of benzene rings is 1. The Morgan fingerprint density at radius 3 is 2.74 bits per heavy atom. The summed E-state index contributed by atoms with van der Waals surface area (Å²) in [6.07, 6.45) is 0.505. The van der Waals surface area contributed by atoms with Gasteiger partial charge in [-0.15, -0.1) is 0 Å². The maximum absolute atomic E-state index is 11.9. The van der Waals surface area contributed by atoms with E-state index in [4.69, 9.17) is 16.3 Å². The summed E-state index contributed by atoms with van der Waals surface area (Å²) < 4.78 is 30.8. The number of halogens is 1. The van der Waals surface area contributed by atoms with Crippen LogP contribution < -0.4 is 4.72 Å². The molecule has 0 spiro atoms. The van der Waals surface area contributed by atoms with Gasteiger partial charge in [0.2, 0.25) is 10.0 Å². The lowest BCUT2D eigenvalue weighted by atomic mass is 10.3. The van der Waals surface area contributed by atoms with Crippen LogP contribution in [0.1, 0.15) is 6.42 Å². The SMILES string of the molecule is COCCCNS(=O)(=O)c1ccc(Cl)c([N+](=O)[O-])c1. The van der Waals surface area contributed by atoms with Crippen molar-refractivity contribution in [2.45, 2.75) is 11.3 Å². The molecule has 1 N–H and O–H groups in total. The Morgan fingerprint density at radius 2 is 2.16 bits per heavy atom. The second kappa shape index (κ2) is 6.80. The van der Waals surface area contributed by atoms with Gasteiger partial charge in [0.25, 0.3) is 5.69 Å². The van der Waals surface area contributed by atoms with Crippen molar-refractivity contribution < 1.29 is 18.1 Å². The summed E-state index contributed by atoms with van der Waals surface area (Å²) in [6, 6.07) is 3.33. The molecule has 1 rings (SSSR count). The minimum absolute atomic E-state index is 0.108. The van der Waals surface area contributed by atoms with E-state index in [9.17, 15) is 18.5 Å². The van der Waals surface area contributed by atoms with E-state index in [0.717, 1.165) is 6.07 Å². The van der Waals surface area contributed by atoms with E-state index in [2.05, 4.69) is 4.72 Å². The van der Waals surface area contributed by atoms with Crippen LogP contribution in [0.5, 0.6) is 0 Å². The molecule has 0 heterocycles. The number of nitrogens with zero attached hydrogens (tertiary/aromatic N) is 1. The van der Waals surface area contributed by atoms with Crippen LogP contribution in [0.25, 0.3) is 0 Å². The molecular weight excluding hydrogens is 296 g/mol. The van der Waals surface area contributed by atoms with Crippen LogP contribution in [0.2, 0.25) is 5.02 Å². The van der Waals surface area contributed by atoms with Crippen LogP contribution in [0.4, 0.5) is 5.69 Å². The van der Waals surface area contributed by atoms with Crippen LogP contribution in [-0.4, -0.2) is 33.6 Å². The molecular formula is C10H13ClN2O5S.